The van der Waals surface area contributed by atoms with Gasteiger partial charge in [0.15, 0.2) is 0 Å². The molecule has 1 saturated heterocycles. The zero-order valence-corrected chi connectivity index (χ0v) is 11.0. The molecular weight excluding hydrogens is 200 g/mol. The fourth-order valence-corrected chi connectivity index (χ4v) is 2.38. The minimum Gasteiger partial charge on any atom is -0.376 e. The van der Waals surface area contributed by atoms with E-state index in [0.717, 1.165) is 19.7 Å². The van der Waals surface area contributed by atoms with E-state index < -0.39 is 0 Å². The Morgan fingerprint density at radius 2 is 2.00 bits per heavy atom. The van der Waals surface area contributed by atoms with E-state index >= 15 is 0 Å². The molecule has 0 saturated carbocycles. The summed E-state index contributed by atoms with van der Waals surface area (Å²) < 4.78 is 5.70. The minimum atomic E-state index is 0.409. The van der Waals surface area contributed by atoms with Crippen LogP contribution in [0, 0.1) is 0 Å². The van der Waals surface area contributed by atoms with Crippen LogP contribution in [-0.2, 0) is 4.74 Å². The Morgan fingerprint density at radius 1 is 1.25 bits per heavy atom. The average Bonchev–Trinajstić information content (AvgIpc) is 2.29. The van der Waals surface area contributed by atoms with E-state index in [1.807, 2.05) is 0 Å². The normalized spacial score (nSPS) is 27.2. The molecule has 0 amide bonds. The van der Waals surface area contributed by atoms with Crippen molar-refractivity contribution in [3.05, 3.63) is 0 Å². The zero-order chi connectivity index (χ0) is 11.8. The van der Waals surface area contributed by atoms with E-state index in [-0.39, 0.29) is 0 Å². The van der Waals surface area contributed by atoms with E-state index in [1.165, 1.54) is 38.6 Å². The molecular formula is C13H28N2O. The van der Waals surface area contributed by atoms with Gasteiger partial charge in [-0.15, -0.1) is 0 Å². The van der Waals surface area contributed by atoms with Crippen molar-refractivity contribution < 1.29 is 4.74 Å². The number of hydrogen-bond acceptors (Lipinski definition) is 3. The van der Waals surface area contributed by atoms with Crippen molar-refractivity contribution in [2.45, 2.75) is 58.1 Å². The topological polar surface area (TPSA) is 38.5 Å². The van der Waals surface area contributed by atoms with Crippen molar-refractivity contribution in [3.8, 4) is 0 Å². The molecule has 2 N–H and O–H groups in total. The lowest BCUT2D eigenvalue weighted by atomic mass is 10.1. The molecule has 1 aliphatic heterocycles. The van der Waals surface area contributed by atoms with Gasteiger partial charge in [-0.25, -0.2) is 0 Å². The molecule has 0 spiro atoms. The molecule has 1 fully saturated rings. The van der Waals surface area contributed by atoms with Crippen molar-refractivity contribution in [3.63, 3.8) is 0 Å². The maximum atomic E-state index is 5.70. The van der Waals surface area contributed by atoms with Crippen LogP contribution in [0.25, 0.3) is 0 Å². The summed E-state index contributed by atoms with van der Waals surface area (Å²) in [7, 11) is 0. The van der Waals surface area contributed by atoms with Crippen LogP contribution in [0.3, 0.4) is 0 Å². The van der Waals surface area contributed by atoms with Crippen molar-refractivity contribution in [1.82, 2.24) is 4.90 Å². The van der Waals surface area contributed by atoms with Gasteiger partial charge in [0.2, 0.25) is 0 Å². The summed E-state index contributed by atoms with van der Waals surface area (Å²) in [5.74, 6) is 0. The second-order valence-corrected chi connectivity index (χ2v) is 4.90. The Hall–Kier alpha value is -0.120. The molecule has 0 aromatic carbocycles. The van der Waals surface area contributed by atoms with Gasteiger partial charge in [-0.1, -0.05) is 19.8 Å². The molecule has 0 aliphatic carbocycles. The number of morpholine rings is 1. The lowest BCUT2D eigenvalue weighted by Crippen LogP contribution is -2.48. The van der Waals surface area contributed by atoms with Gasteiger partial charge in [0.05, 0.1) is 12.7 Å². The lowest BCUT2D eigenvalue weighted by Gasteiger charge is -2.38. The molecule has 2 atom stereocenters. The maximum absolute atomic E-state index is 5.70. The van der Waals surface area contributed by atoms with Crippen LogP contribution >= 0.6 is 0 Å². The van der Waals surface area contributed by atoms with Gasteiger partial charge < -0.3 is 10.5 Å². The number of ether oxygens (including phenoxy) is 1. The molecule has 0 radical (unpaired) electrons. The van der Waals surface area contributed by atoms with E-state index in [1.54, 1.807) is 0 Å². The Labute approximate surface area is 100 Å². The molecule has 3 heteroatoms. The van der Waals surface area contributed by atoms with Crippen LogP contribution in [0.5, 0.6) is 0 Å². The molecule has 2 unspecified atom stereocenters. The van der Waals surface area contributed by atoms with Crippen LogP contribution in [0.2, 0.25) is 0 Å². The number of hydrogen-bond donors (Lipinski definition) is 1. The van der Waals surface area contributed by atoms with Crippen LogP contribution < -0.4 is 5.73 Å². The highest BCUT2D eigenvalue weighted by atomic mass is 16.5. The predicted molar refractivity (Wildman–Crippen MR) is 68.6 cm³/mol. The standard InChI is InChI=1S/C13H28N2O/c1-3-13-11-16-12(2)10-15(13)9-7-5-4-6-8-14/h12-13H,3-11,14H2,1-2H3. The highest BCUT2D eigenvalue weighted by Crippen LogP contribution is 2.15. The van der Waals surface area contributed by atoms with Crippen LogP contribution in [-0.4, -0.2) is 43.3 Å². The summed E-state index contributed by atoms with van der Waals surface area (Å²) in [6.45, 7) is 8.53. The van der Waals surface area contributed by atoms with Gasteiger partial charge in [0.1, 0.15) is 0 Å². The molecule has 0 aromatic heterocycles. The molecule has 0 aromatic rings. The number of nitrogens with two attached hydrogens (primary N) is 1. The fraction of sp³-hybridized carbons (Fsp3) is 1.00. The fourth-order valence-electron chi connectivity index (χ4n) is 2.38. The van der Waals surface area contributed by atoms with E-state index in [4.69, 9.17) is 10.5 Å². The second-order valence-electron chi connectivity index (χ2n) is 4.90. The smallest absolute Gasteiger partial charge is 0.0674 e. The summed E-state index contributed by atoms with van der Waals surface area (Å²) in [4.78, 5) is 2.61. The maximum Gasteiger partial charge on any atom is 0.0674 e. The molecule has 96 valence electrons. The largest absolute Gasteiger partial charge is 0.376 e. The van der Waals surface area contributed by atoms with Gasteiger partial charge in [0.25, 0.3) is 0 Å². The van der Waals surface area contributed by atoms with Crippen LogP contribution in [0.4, 0.5) is 0 Å². The van der Waals surface area contributed by atoms with Gasteiger partial charge >= 0.3 is 0 Å². The third-order valence-corrected chi connectivity index (χ3v) is 3.45. The van der Waals surface area contributed by atoms with Gasteiger partial charge in [-0.3, -0.25) is 4.90 Å². The third kappa shape index (κ3) is 4.81. The molecule has 0 bridgehead atoms. The summed E-state index contributed by atoms with van der Waals surface area (Å²) in [5.41, 5.74) is 5.49. The molecule has 3 nitrogen and oxygen atoms in total. The quantitative estimate of drug-likeness (QED) is 0.677. The predicted octanol–water partition coefficient (Wildman–Crippen LogP) is 2.00. The summed E-state index contributed by atoms with van der Waals surface area (Å²) in [5, 5.41) is 0. The van der Waals surface area contributed by atoms with Gasteiger partial charge in [-0.05, 0) is 39.3 Å². The Balaban J connectivity index is 2.16. The van der Waals surface area contributed by atoms with E-state index in [0.29, 0.717) is 12.1 Å². The zero-order valence-electron chi connectivity index (χ0n) is 11.0. The molecule has 1 aliphatic rings. The second kappa shape index (κ2) is 8.04. The molecule has 16 heavy (non-hydrogen) atoms. The Morgan fingerprint density at radius 3 is 2.69 bits per heavy atom. The van der Waals surface area contributed by atoms with Crippen molar-refractivity contribution in [2.75, 3.05) is 26.2 Å². The highest BCUT2D eigenvalue weighted by Gasteiger charge is 2.24. The first-order chi connectivity index (χ1) is 7.77. The first-order valence-corrected chi connectivity index (χ1v) is 6.83. The first kappa shape index (κ1) is 13.9. The molecule has 1 heterocycles. The highest BCUT2D eigenvalue weighted by molar-refractivity contribution is 4.77. The Kier molecular flexibility index (Phi) is 7.01. The third-order valence-electron chi connectivity index (χ3n) is 3.45. The van der Waals surface area contributed by atoms with E-state index in [9.17, 15) is 0 Å². The monoisotopic (exact) mass is 228 g/mol. The van der Waals surface area contributed by atoms with Gasteiger partial charge in [-0.2, -0.15) is 0 Å². The average molecular weight is 228 g/mol. The Bertz CT molecular complexity index is 175. The number of unbranched alkanes of at least 4 members (excludes halogenated alkanes) is 3. The summed E-state index contributed by atoms with van der Waals surface area (Å²) in [6, 6.07) is 0.644. The lowest BCUT2D eigenvalue weighted by molar-refractivity contribution is -0.0561. The number of rotatable bonds is 7. The first-order valence-electron chi connectivity index (χ1n) is 6.83. The van der Waals surface area contributed by atoms with E-state index in [2.05, 4.69) is 18.7 Å². The summed E-state index contributed by atoms with van der Waals surface area (Å²) >= 11 is 0. The van der Waals surface area contributed by atoms with Crippen LogP contribution in [0.1, 0.15) is 46.0 Å². The van der Waals surface area contributed by atoms with Gasteiger partial charge in [0, 0.05) is 12.6 Å². The molecule has 1 rings (SSSR count). The van der Waals surface area contributed by atoms with Crippen molar-refractivity contribution >= 4 is 0 Å². The van der Waals surface area contributed by atoms with Crippen LogP contribution in [0.15, 0.2) is 0 Å². The number of nitrogens with zero attached hydrogens (tertiary/aromatic N) is 1. The van der Waals surface area contributed by atoms with Crippen molar-refractivity contribution in [1.29, 1.82) is 0 Å². The minimum absolute atomic E-state index is 0.409. The van der Waals surface area contributed by atoms with Crippen molar-refractivity contribution in [2.24, 2.45) is 5.73 Å². The summed E-state index contributed by atoms with van der Waals surface area (Å²) in [6.07, 6.45) is 6.70. The SMILES string of the molecule is CCC1COC(C)CN1CCCCCCN.